The molecule has 0 saturated heterocycles. The number of hydrogen-bond acceptors (Lipinski definition) is 5. The van der Waals surface area contributed by atoms with Crippen molar-refractivity contribution in [1.29, 1.82) is 0 Å². The van der Waals surface area contributed by atoms with Gasteiger partial charge in [-0.05, 0) is 24.3 Å². The Kier molecular flexibility index (Phi) is 4.42. The second-order valence-corrected chi connectivity index (χ2v) is 4.84. The Morgan fingerprint density at radius 3 is 2.71 bits per heavy atom. The van der Waals surface area contributed by atoms with Crippen LogP contribution in [-0.4, -0.2) is 34.9 Å². The standard InChI is InChI=1S/C17H16N4O3/c1-23-15-6-3-5-12(16(15)24-2)17(22)20-13-11-18-9-7-14(13)21-10-4-8-19-21/h3-11H,1-2H3,(H,20,22). The average molecular weight is 324 g/mol. The van der Waals surface area contributed by atoms with Crippen LogP contribution in [0.3, 0.4) is 0 Å². The van der Waals surface area contributed by atoms with Gasteiger partial charge in [0.1, 0.15) is 0 Å². The van der Waals surface area contributed by atoms with Gasteiger partial charge in [0, 0.05) is 18.6 Å². The van der Waals surface area contributed by atoms with Crippen molar-refractivity contribution < 1.29 is 14.3 Å². The lowest BCUT2D eigenvalue weighted by Gasteiger charge is -2.14. The summed E-state index contributed by atoms with van der Waals surface area (Å²) >= 11 is 0. The molecule has 7 heteroatoms. The summed E-state index contributed by atoms with van der Waals surface area (Å²) in [5, 5.41) is 7.02. The molecule has 0 radical (unpaired) electrons. The van der Waals surface area contributed by atoms with Gasteiger partial charge < -0.3 is 14.8 Å². The van der Waals surface area contributed by atoms with Crippen LogP contribution in [0.1, 0.15) is 10.4 Å². The van der Waals surface area contributed by atoms with Crippen molar-refractivity contribution in [1.82, 2.24) is 14.8 Å². The van der Waals surface area contributed by atoms with E-state index >= 15 is 0 Å². The molecule has 0 aliphatic rings. The van der Waals surface area contributed by atoms with Crippen LogP contribution in [0.4, 0.5) is 5.69 Å². The quantitative estimate of drug-likeness (QED) is 0.780. The minimum atomic E-state index is -0.327. The second-order valence-electron chi connectivity index (χ2n) is 4.84. The van der Waals surface area contributed by atoms with Crippen LogP contribution in [-0.2, 0) is 0 Å². The summed E-state index contributed by atoms with van der Waals surface area (Å²) in [5.74, 6) is 0.540. The topological polar surface area (TPSA) is 78.3 Å². The van der Waals surface area contributed by atoms with Crippen LogP contribution >= 0.6 is 0 Å². The predicted molar refractivity (Wildman–Crippen MR) is 88.9 cm³/mol. The Hall–Kier alpha value is -3.35. The van der Waals surface area contributed by atoms with E-state index in [-0.39, 0.29) is 5.91 Å². The van der Waals surface area contributed by atoms with E-state index in [0.29, 0.717) is 28.4 Å². The van der Waals surface area contributed by atoms with E-state index in [1.165, 1.54) is 14.2 Å². The number of nitrogens with one attached hydrogen (secondary N) is 1. The van der Waals surface area contributed by atoms with Crippen LogP contribution in [0.25, 0.3) is 5.69 Å². The Morgan fingerprint density at radius 1 is 1.12 bits per heavy atom. The molecule has 0 unspecified atom stereocenters. The van der Waals surface area contributed by atoms with Gasteiger partial charge in [0.15, 0.2) is 11.5 Å². The number of para-hydroxylation sites is 1. The first-order valence-electron chi connectivity index (χ1n) is 7.21. The summed E-state index contributed by atoms with van der Waals surface area (Å²) < 4.78 is 12.2. The van der Waals surface area contributed by atoms with Crippen LogP contribution in [0.15, 0.2) is 55.1 Å². The van der Waals surface area contributed by atoms with Crippen molar-refractivity contribution in [3.8, 4) is 17.2 Å². The molecule has 0 fully saturated rings. The number of amides is 1. The molecule has 2 heterocycles. The molecule has 0 atom stereocenters. The van der Waals surface area contributed by atoms with E-state index in [2.05, 4.69) is 15.4 Å². The Labute approximate surface area is 138 Å². The van der Waals surface area contributed by atoms with Crippen molar-refractivity contribution in [3.05, 3.63) is 60.7 Å². The van der Waals surface area contributed by atoms with Gasteiger partial charge in [-0.3, -0.25) is 9.78 Å². The highest BCUT2D eigenvalue weighted by atomic mass is 16.5. The molecule has 1 aromatic carbocycles. The zero-order chi connectivity index (χ0) is 16.9. The lowest BCUT2D eigenvalue weighted by Crippen LogP contribution is -2.15. The summed E-state index contributed by atoms with van der Waals surface area (Å²) in [6.45, 7) is 0. The SMILES string of the molecule is COc1cccc(C(=O)Nc2cnccc2-n2cccn2)c1OC. The molecule has 122 valence electrons. The van der Waals surface area contributed by atoms with Crippen LogP contribution in [0, 0.1) is 0 Å². The number of nitrogens with zero attached hydrogens (tertiary/aromatic N) is 3. The highest BCUT2D eigenvalue weighted by molar-refractivity contribution is 6.07. The van der Waals surface area contributed by atoms with Crippen molar-refractivity contribution >= 4 is 11.6 Å². The summed E-state index contributed by atoms with van der Waals surface area (Å²) in [7, 11) is 3.02. The van der Waals surface area contributed by atoms with E-state index in [1.54, 1.807) is 59.8 Å². The first-order chi connectivity index (χ1) is 11.7. The maximum Gasteiger partial charge on any atom is 0.259 e. The molecule has 24 heavy (non-hydrogen) atoms. The molecular formula is C17H16N4O3. The van der Waals surface area contributed by atoms with E-state index < -0.39 is 0 Å². The molecule has 1 amide bonds. The molecule has 0 aliphatic carbocycles. The highest BCUT2D eigenvalue weighted by Crippen LogP contribution is 2.31. The molecule has 0 spiro atoms. The first kappa shape index (κ1) is 15.5. The molecule has 0 saturated carbocycles. The summed E-state index contributed by atoms with van der Waals surface area (Å²) in [6, 6.07) is 8.70. The third-order valence-electron chi connectivity index (χ3n) is 3.45. The summed E-state index contributed by atoms with van der Waals surface area (Å²) in [6.07, 6.45) is 6.66. The Balaban J connectivity index is 1.95. The van der Waals surface area contributed by atoms with Gasteiger partial charge >= 0.3 is 0 Å². The number of pyridine rings is 1. The van der Waals surface area contributed by atoms with Gasteiger partial charge in [0.25, 0.3) is 5.91 Å². The number of aromatic nitrogens is 3. The van der Waals surface area contributed by atoms with Crippen molar-refractivity contribution in [2.45, 2.75) is 0 Å². The monoisotopic (exact) mass is 324 g/mol. The second kappa shape index (κ2) is 6.82. The largest absolute Gasteiger partial charge is 0.493 e. The van der Waals surface area contributed by atoms with Crippen molar-refractivity contribution in [2.75, 3.05) is 19.5 Å². The van der Waals surface area contributed by atoms with Crippen LogP contribution in [0.5, 0.6) is 11.5 Å². The van der Waals surface area contributed by atoms with Crippen molar-refractivity contribution in [3.63, 3.8) is 0 Å². The fourth-order valence-electron chi connectivity index (χ4n) is 2.35. The third-order valence-corrected chi connectivity index (χ3v) is 3.45. The van der Waals surface area contributed by atoms with E-state index in [1.807, 2.05) is 0 Å². The normalized spacial score (nSPS) is 10.2. The van der Waals surface area contributed by atoms with Gasteiger partial charge in [0.2, 0.25) is 0 Å². The van der Waals surface area contributed by atoms with Gasteiger partial charge in [0.05, 0.1) is 37.4 Å². The molecule has 1 N–H and O–H groups in total. The molecule has 0 bridgehead atoms. The molecular weight excluding hydrogens is 308 g/mol. The van der Waals surface area contributed by atoms with Gasteiger partial charge in [-0.25, -0.2) is 4.68 Å². The molecule has 3 aromatic rings. The molecule has 7 nitrogen and oxygen atoms in total. The van der Waals surface area contributed by atoms with Crippen LogP contribution < -0.4 is 14.8 Å². The summed E-state index contributed by atoms with van der Waals surface area (Å²) in [5.41, 5.74) is 1.62. The van der Waals surface area contributed by atoms with Gasteiger partial charge in [-0.15, -0.1) is 0 Å². The van der Waals surface area contributed by atoms with Gasteiger partial charge in [-0.2, -0.15) is 5.10 Å². The molecule has 0 aliphatic heterocycles. The van der Waals surface area contributed by atoms with E-state index in [4.69, 9.17) is 9.47 Å². The number of ether oxygens (including phenoxy) is 2. The predicted octanol–water partition coefficient (Wildman–Crippen LogP) is 2.54. The molecule has 2 aromatic heterocycles. The number of methoxy groups -OCH3 is 2. The average Bonchev–Trinajstić information content (AvgIpc) is 3.15. The lowest BCUT2D eigenvalue weighted by molar-refractivity contribution is 0.102. The number of rotatable bonds is 5. The minimum Gasteiger partial charge on any atom is -0.493 e. The lowest BCUT2D eigenvalue weighted by atomic mass is 10.1. The number of carbonyl (C=O) groups is 1. The number of anilines is 1. The number of benzene rings is 1. The Morgan fingerprint density at radius 2 is 2.00 bits per heavy atom. The fraction of sp³-hybridized carbons (Fsp3) is 0.118. The van der Waals surface area contributed by atoms with Crippen LogP contribution in [0.2, 0.25) is 0 Å². The Bertz CT molecular complexity index is 847. The highest BCUT2D eigenvalue weighted by Gasteiger charge is 2.18. The number of carbonyl (C=O) groups excluding carboxylic acids is 1. The van der Waals surface area contributed by atoms with Crippen molar-refractivity contribution in [2.24, 2.45) is 0 Å². The minimum absolute atomic E-state index is 0.327. The van der Waals surface area contributed by atoms with Gasteiger partial charge in [-0.1, -0.05) is 6.07 Å². The van der Waals surface area contributed by atoms with E-state index in [0.717, 1.165) is 0 Å². The smallest absolute Gasteiger partial charge is 0.259 e. The fourth-order valence-corrected chi connectivity index (χ4v) is 2.35. The first-order valence-corrected chi connectivity index (χ1v) is 7.21. The summed E-state index contributed by atoms with van der Waals surface area (Å²) in [4.78, 5) is 16.7. The third kappa shape index (κ3) is 2.91. The molecule has 3 rings (SSSR count). The zero-order valence-electron chi connectivity index (χ0n) is 13.3. The van der Waals surface area contributed by atoms with E-state index in [9.17, 15) is 4.79 Å². The number of hydrogen-bond donors (Lipinski definition) is 1. The maximum atomic E-state index is 12.7. The maximum absolute atomic E-state index is 12.7. The zero-order valence-corrected chi connectivity index (χ0v) is 13.3.